The van der Waals surface area contributed by atoms with E-state index in [1.54, 1.807) is 26.2 Å². The number of aromatic nitrogens is 4. The molecule has 4 aromatic rings. The van der Waals surface area contributed by atoms with E-state index < -0.39 is 9.84 Å². The van der Waals surface area contributed by atoms with E-state index in [0.717, 1.165) is 17.5 Å². The van der Waals surface area contributed by atoms with Crippen molar-refractivity contribution >= 4 is 9.84 Å². The topological polar surface area (TPSA) is 129 Å². The minimum Gasteiger partial charge on any atom is -0.488 e. The molecule has 11 heteroatoms. The molecule has 1 N–H and O–H groups in total. The zero-order valence-corrected chi connectivity index (χ0v) is 19.9. The highest BCUT2D eigenvalue weighted by atomic mass is 32.2. The summed E-state index contributed by atoms with van der Waals surface area (Å²) in [6.07, 6.45) is 2.27. The SMILES string of the molecule is COC[C@H](C)Oc1cc(Oc2ccc(S(C)(=O)=O)nc2)cc(-c2ccc(-c3nnc(C)o3)[nH]2)c1. The third-order valence-electron chi connectivity index (χ3n) is 4.70. The van der Waals surface area contributed by atoms with Gasteiger partial charge in [-0.05, 0) is 43.3 Å². The Labute approximate surface area is 196 Å². The van der Waals surface area contributed by atoms with Crippen molar-refractivity contribution in [3.05, 3.63) is 54.6 Å². The summed E-state index contributed by atoms with van der Waals surface area (Å²) in [6.45, 7) is 4.04. The zero-order valence-electron chi connectivity index (χ0n) is 19.1. The van der Waals surface area contributed by atoms with Crippen LogP contribution in [0.25, 0.3) is 22.8 Å². The number of nitrogens with one attached hydrogen (secondary N) is 1. The Bertz CT molecular complexity index is 1380. The van der Waals surface area contributed by atoms with Crippen LogP contribution in [0.4, 0.5) is 0 Å². The van der Waals surface area contributed by atoms with Crippen LogP contribution < -0.4 is 9.47 Å². The molecule has 0 unspecified atom stereocenters. The minimum atomic E-state index is -3.40. The van der Waals surface area contributed by atoms with Crippen molar-refractivity contribution in [1.29, 1.82) is 0 Å². The zero-order chi connectivity index (χ0) is 24.3. The summed E-state index contributed by atoms with van der Waals surface area (Å²) in [5.41, 5.74) is 2.25. The maximum Gasteiger partial charge on any atom is 0.264 e. The van der Waals surface area contributed by atoms with Crippen molar-refractivity contribution in [3.8, 4) is 40.1 Å². The lowest BCUT2D eigenvalue weighted by Gasteiger charge is -2.16. The minimum absolute atomic E-state index is 0.0267. The molecule has 0 spiro atoms. The molecule has 0 saturated carbocycles. The summed E-state index contributed by atoms with van der Waals surface area (Å²) in [6, 6.07) is 12.1. The van der Waals surface area contributed by atoms with E-state index in [2.05, 4.69) is 20.2 Å². The van der Waals surface area contributed by atoms with Crippen LogP contribution in [0.15, 0.2) is 58.1 Å². The van der Waals surface area contributed by atoms with Crippen LogP contribution in [-0.2, 0) is 14.6 Å². The van der Waals surface area contributed by atoms with Crippen molar-refractivity contribution < 1.29 is 27.0 Å². The number of pyridine rings is 1. The van der Waals surface area contributed by atoms with Gasteiger partial charge in [0, 0.05) is 37.6 Å². The van der Waals surface area contributed by atoms with E-state index in [9.17, 15) is 8.42 Å². The lowest BCUT2D eigenvalue weighted by atomic mass is 10.1. The molecule has 4 rings (SSSR count). The number of methoxy groups -OCH3 is 1. The summed E-state index contributed by atoms with van der Waals surface area (Å²) in [4.78, 5) is 7.24. The molecule has 0 amide bonds. The second-order valence-electron chi connectivity index (χ2n) is 7.70. The molecule has 0 aliphatic rings. The highest BCUT2D eigenvalue weighted by molar-refractivity contribution is 7.90. The molecule has 10 nitrogen and oxygen atoms in total. The second-order valence-corrected chi connectivity index (χ2v) is 9.66. The van der Waals surface area contributed by atoms with Crippen LogP contribution in [0, 0.1) is 6.92 Å². The first-order valence-corrected chi connectivity index (χ1v) is 12.2. The fraction of sp³-hybridized carbons (Fsp3) is 0.261. The summed E-state index contributed by atoms with van der Waals surface area (Å²) >= 11 is 0. The molecule has 0 aliphatic heterocycles. The van der Waals surface area contributed by atoms with Gasteiger partial charge < -0.3 is 23.6 Å². The number of hydrogen-bond donors (Lipinski definition) is 1. The van der Waals surface area contributed by atoms with Gasteiger partial charge in [-0.25, -0.2) is 13.4 Å². The second kappa shape index (κ2) is 9.65. The molecule has 0 radical (unpaired) electrons. The molecule has 3 heterocycles. The monoisotopic (exact) mass is 484 g/mol. The number of rotatable bonds is 9. The number of aromatic amines is 1. The normalized spacial score (nSPS) is 12.5. The molecule has 1 aromatic carbocycles. The number of nitrogens with zero attached hydrogens (tertiary/aromatic N) is 3. The van der Waals surface area contributed by atoms with E-state index in [4.69, 9.17) is 18.6 Å². The van der Waals surface area contributed by atoms with Crippen molar-refractivity contribution in [2.45, 2.75) is 25.0 Å². The van der Waals surface area contributed by atoms with Gasteiger partial charge in [-0.15, -0.1) is 10.2 Å². The van der Waals surface area contributed by atoms with Crippen LogP contribution in [-0.4, -0.2) is 54.7 Å². The van der Waals surface area contributed by atoms with Gasteiger partial charge in [-0.3, -0.25) is 0 Å². The van der Waals surface area contributed by atoms with Gasteiger partial charge in [0.05, 0.1) is 12.8 Å². The third kappa shape index (κ3) is 5.61. The van der Waals surface area contributed by atoms with Gasteiger partial charge in [-0.1, -0.05) is 0 Å². The molecule has 178 valence electrons. The Morgan fingerprint density at radius 3 is 2.44 bits per heavy atom. The van der Waals surface area contributed by atoms with Crippen LogP contribution in [0.1, 0.15) is 12.8 Å². The van der Waals surface area contributed by atoms with Crippen molar-refractivity contribution in [2.24, 2.45) is 0 Å². The van der Waals surface area contributed by atoms with E-state index in [0.29, 0.717) is 41.3 Å². The molecule has 0 saturated heterocycles. The number of aryl methyl sites for hydroxylation is 1. The largest absolute Gasteiger partial charge is 0.488 e. The highest BCUT2D eigenvalue weighted by Crippen LogP contribution is 2.33. The van der Waals surface area contributed by atoms with Crippen LogP contribution >= 0.6 is 0 Å². The average Bonchev–Trinajstić information content (AvgIpc) is 3.43. The standard InChI is InChI=1S/C23H24N4O6S/c1-14(13-30-3)31-18-9-16(20-6-7-21(25-20)23-27-26-15(2)32-23)10-19(11-18)33-17-5-8-22(24-12-17)34(4,28)29/h5-12,14,25H,13H2,1-4H3/t14-/m0/s1. The van der Waals surface area contributed by atoms with Gasteiger partial charge in [0.25, 0.3) is 5.89 Å². The van der Waals surface area contributed by atoms with E-state index in [-0.39, 0.29) is 11.1 Å². The highest BCUT2D eigenvalue weighted by Gasteiger charge is 2.14. The molecule has 3 aromatic heterocycles. The molecular weight excluding hydrogens is 460 g/mol. The third-order valence-corrected chi connectivity index (χ3v) is 5.70. The summed E-state index contributed by atoms with van der Waals surface area (Å²) in [7, 11) is -1.79. The summed E-state index contributed by atoms with van der Waals surface area (Å²) < 4.78 is 45.9. The first kappa shape index (κ1) is 23.5. The Hall–Kier alpha value is -3.70. The van der Waals surface area contributed by atoms with Gasteiger partial charge in [0.2, 0.25) is 5.89 Å². The fourth-order valence-corrected chi connectivity index (χ4v) is 3.79. The van der Waals surface area contributed by atoms with E-state index >= 15 is 0 Å². The van der Waals surface area contributed by atoms with Crippen LogP contribution in [0.5, 0.6) is 17.2 Å². The predicted molar refractivity (Wildman–Crippen MR) is 124 cm³/mol. The van der Waals surface area contributed by atoms with E-state index in [1.165, 1.54) is 12.3 Å². The van der Waals surface area contributed by atoms with Crippen LogP contribution in [0.2, 0.25) is 0 Å². The fourth-order valence-electron chi connectivity index (χ4n) is 3.23. The number of ether oxygens (including phenoxy) is 3. The maximum atomic E-state index is 11.7. The van der Waals surface area contributed by atoms with Gasteiger partial charge in [0.1, 0.15) is 29.0 Å². The van der Waals surface area contributed by atoms with Crippen molar-refractivity contribution in [3.63, 3.8) is 0 Å². The molecule has 0 aliphatic carbocycles. The predicted octanol–water partition coefficient (Wildman–Crippen LogP) is 4.04. The maximum absolute atomic E-state index is 11.7. The lowest BCUT2D eigenvalue weighted by molar-refractivity contribution is 0.0920. The Kier molecular flexibility index (Phi) is 6.66. The molecule has 1 atom stereocenters. The number of sulfone groups is 1. The molecule has 34 heavy (non-hydrogen) atoms. The van der Waals surface area contributed by atoms with Gasteiger partial charge >= 0.3 is 0 Å². The first-order chi connectivity index (χ1) is 16.2. The van der Waals surface area contributed by atoms with Crippen molar-refractivity contribution in [2.75, 3.05) is 20.0 Å². The smallest absolute Gasteiger partial charge is 0.264 e. The Morgan fingerprint density at radius 1 is 1.03 bits per heavy atom. The quantitative estimate of drug-likeness (QED) is 0.374. The van der Waals surface area contributed by atoms with Gasteiger partial charge in [-0.2, -0.15) is 0 Å². The Balaban J connectivity index is 1.66. The number of H-pyrrole nitrogens is 1. The Morgan fingerprint density at radius 2 is 1.79 bits per heavy atom. The molecular formula is C23H24N4O6S. The molecule has 0 fully saturated rings. The van der Waals surface area contributed by atoms with Crippen LogP contribution in [0.3, 0.4) is 0 Å². The summed E-state index contributed by atoms with van der Waals surface area (Å²) in [5.74, 6) is 2.30. The first-order valence-electron chi connectivity index (χ1n) is 10.4. The molecule has 0 bridgehead atoms. The van der Waals surface area contributed by atoms with Gasteiger partial charge in [0.15, 0.2) is 14.9 Å². The average molecular weight is 485 g/mol. The summed E-state index contributed by atoms with van der Waals surface area (Å²) in [5, 5.41) is 7.87. The lowest BCUT2D eigenvalue weighted by Crippen LogP contribution is -2.17. The van der Waals surface area contributed by atoms with E-state index in [1.807, 2.05) is 31.2 Å². The number of hydrogen-bond acceptors (Lipinski definition) is 9. The van der Waals surface area contributed by atoms with Crippen molar-refractivity contribution in [1.82, 2.24) is 20.2 Å². The number of benzene rings is 1.